The second kappa shape index (κ2) is 13.1. The molecule has 0 radical (unpaired) electrons. The average Bonchev–Trinajstić information content (AvgIpc) is 2.60. The minimum absolute atomic E-state index is 0.0146. The number of amides is 2. The number of unbranched alkanes of at least 4 members (excludes halogenated alkanes) is 1. The molecule has 0 aliphatic rings. The summed E-state index contributed by atoms with van der Waals surface area (Å²) in [7, 11) is 1.18. The molecule has 0 aromatic carbocycles. The fourth-order valence-electron chi connectivity index (χ4n) is 2.52. The van der Waals surface area contributed by atoms with E-state index in [2.05, 4.69) is 10.6 Å². The normalized spacial score (nSPS) is 13.5. The topological polar surface area (TPSA) is 146 Å². The van der Waals surface area contributed by atoms with Crippen molar-refractivity contribution >= 4 is 23.9 Å². The molecule has 0 heterocycles. The van der Waals surface area contributed by atoms with Crippen molar-refractivity contribution in [3.8, 4) is 0 Å². The lowest BCUT2D eigenvalue weighted by Crippen LogP contribution is -2.52. The Kier molecular flexibility index (Phi) is 12.1. The number of hydrogen-bond donors (Lipinski definition) is 3. The number of methoxy groups -OCH3 is 1. The number of urea groups is 1. The van der Waals surface area contributed by atoms with Gasteiger partial charge in [-0.25, -0.2) is 14.4 Å². The van der Waals surface area contributed by atoms with Crippen molar-refractivity contribution in [3.63, 3.8) is 0 Å². The molecule has 0 saturated heterocycles. The molecule has 0 bridgehead atoms. The molecular formula is C21H39N3O7. The van der Waals surface area contributed by atoms with Crippen LogP contribution >= 0.6 is 0 Å². The first kappa shape index (κ1) is 28.6. The predicted molar refractivity (Wildman–Crippen MR) is 115 cm³/mol. The van der Waals surface area contributed by atoms with Crippen LogP contribution in [0, 0.1) is 0 Å². The Morgan fingerprint density at radius 2 is 1.32 bits per heavy atom. The van der Waals surface area contributed by atoms with Gasteiger partial charge < -0.3 is 30.6 Å². The lowest BCUT2D eigenvalue weighted by Gasteiger charge is -2.25. The molecule has 4 N–H and O–H groups in total. The smallest absolute Gasteiger partial charge is 0.329 e. The van der Waals surface area contributed by atoms with Crippen LogP contribution in [-0.4, -0.2) is 60.9 Å². The lowest BCUT2D eigenvalue weighted by atomic mass is 10.1. The summed E-state index contributed by atoms with van der Waals surface area (Å²) < 4.78 is 15.3. The monoisotopic (exact) mass is 445 g/mol. The maximum absolute atomic E-state index is 12.5. The van der Waals surface area contributed by atoms with Crippen LogP contribution in [0.3, 0.4) is 0 Å². The summed E-state index contributed by atoms with van der Waals surface area (Å²) in [6, 6.07) is -2.74. The number of rotatable bonds is 11. The van der Waals surface area contributed by atoms with Crippen LogP contribution in [-0.2, 0) is 28.6 Å². The van der Waals surface area contributed by atoms with Crippen molar-refractivity contribution in [1.29, 1.82) is 0 Å². The van der Waals surface area contributed by atoms with Gasteiger partial charge in [-0.15, -0.1) is 0 Å². The van der Waals surface area contributed by atoms with Crippen LogP contribution in [0.5, 0.6) is 0 Å². The highest BCUT2D eigenvalue weighted by molar-refractivity contribution is 5.87. The Morgan fingerprint density at radius 1 is 0.806 bits per heavy atom. The van der Waals surface area contributed by atoms with E-state index in [1.54, 1.807) is 41.5 Å². The van der Waals surface area contributed by atoms with Gasteiger partial charge in [0.25, 0.3) is 0 Å². The van der Waals surface area contributed by atoms with E-state index in [1.165, 1.54) is 7.11 Å². The highest BCUT2D eigenvalue weighted by Gasteiger charge is 2.29. The van der Waals surface area contributed by atoms with Gasteiger partial charge in [0, 0.05) is 6.42 Å². The van der Waals surface area contributed by atoms with E-state index in [0.717, 1.165) is 0 Å². The molecule has 0 fully saturated rings. The molecule has 0 aromatic heterocycles. The predicted octanol–water partition coefficient (Wildman–Crippen LogP) is 1.79. The minimum atomic E-state index is -1.08. The molecule has 10 nitrogen and oxygen atoms in total. The van der Waals surface area contributed by atoms with E-state index >= 15 is 0 Å². The first-order valence-electron chi connectivity index (χ1n) is 10.5. The third-order valence-corrected chi connectivity index (χ3v) is 3.79. The first-order valence-corrected chi connectivity index (χ1v) is 10.5. The van der Waals surface area contributed by atoms with Crippen molar-refractivity contribution < 1.29 is 33.4 Å². The number of esters is 3. The maximum atomic E-state index is 12.5. The molecule has 180 valence electrons. The number of nitrogens with two attached hydrogens (primary N) is 1. The molecule has 2 atom stereocenters. The molecule has 10 heteroatoms. The number of hydrogen-bond acceptors (Lipinski definition) is 8. The van der Waals surface area contributed by atoms with E-state index in [-0.39, 0.29) is 12.8 Å². The number of carbonyl (C=O) groups is 4. The van der Waals surface area contributed by atoms with Crippen molar-refractivity contribution in [2.24, 2.45) is 5.73 Å². The highest BCUT2D eigenvalue weighted by atomic mass is 16.6. The summed E-state index contributed by atoms with van der Waals surface area (Å²) in [4.78, 5) is 48.9. The van der Waals surface area contributed by atoms with Gasteiger partial charge in [0.2, 0.25) is 0 Å². The van der Waals surface area contributed by atoms with Gasteiger partial charge in [-0.3, -0.25) is 4.79 Å². The lowest BCUT2D eigenvalue weighted by molar-refractivity contribution is -0.157. The van der Waals surface area contributed by atoms with Crippen LogP contribution < -0.4 is 16.4 Å². The third kappa shape index (κ3) is 14.3. The zero-order valence-electron chi connectivity index (χ0n) is 19.8. The summed E-state index contributed by atoms with van der Waals surface area (Å²) >= 11 is 0. The Hall–Kier alpha value is -2.36. The molecular weight excluding hydrogens is 406 g/mol. The molecule has 0 saturated carbocycles. The molecule has 31 heavy (non-hydrogen) atoms. The van der Waals surface area contributed by atoms with Gasteiger partial charge in [0.05, 0.1) is 7.11 Å². The quantitative estimate of drug-likeness (QED) is 0.248. The van der Waals surface area contributed by atoms with Gasteiger partial charge >= 0.3 is 23.9 Å². The SMILES string of the molecule is COC(=O)C(CCC(=O)OC(C)(C)C)NC(=O)NC(CCCCN)C(=O)OC(C)(C)C. The Bertz CT molecular complexity index is 609. The summed E-state index contributed by atoms with van der Waals surface area (Å²) in [5.41, 5.74) is 4.12. The largest absolute Gasteiger partial charge is 0.467 e. The van der Waals surface area contributed by atoms with E-state index in [9.17, 15) is 19.2 Å². The Labute approximate surface area is 184 Å². The molecule has 2 unspecified atom stereocenters. The standard InChI is InChI=1S/C21H39N3O7/c1-20(2,3)30-16(25)12-11-15(17(26)29-7)24-19(28)23-14(10-8-9-13-22)18(27)31-21(4,5)6/h14-15H,8-13,22H2,1-7H3,(H2,23,24,28). The first-order chi connectivity index (χ1) is 14.2. The van der Waals surface area contributed by atoms with Gasteiger partial charge in [0.15, 0.2) is 0 Å². The van der Waals surface area contributed by atoms with Crippen LogP contribution in [0.2, 0.25) is 0 Å². The van der Waals surface area contributed by atoms with Crippen molar-refractivity contribution in [2.45, 2.75) is 96.9 Å². The van der Waals surface area contributed by atoms with Crippen LogP contribution in [0.4, 0.5) is 4.79 Å². The van der Waals surface area contributed by atoms with Gasteiger partial charge in [-0.05, 0) is 73.8 Å². The zero-order chi connectivity index (χ0) is 24.2. The van der Waals surface area contributed by atoms with E-state index in [4.69, 9.17) is 19.9 Å². The molecule has 0 spiro atoms. The van der Waals surface area contributed by atoms with Gasteiger partial charge in [-0.2, -0.15) is 0 Å². The average molecular weight is 446 g/mol. The summed E-state index contributed by atoms with van der Waals surface area (Å²) in [6.07, 6.45) is 1.52. The van der Waals surface area contributed by atoms with Crippen LogP contribution in [0.15, 0.2) is 0 Å². The minimum Gasteiger partial charge on any atom is -0.467 e. The molecule has 0 aliphatic heterocycles. The number of ether oxygens (including phenoxy) is 3. The summed E-state index contributed by atoms with van der Waals surface area (Å²) in [5, 5.41) is 5.00. The van der Waals surface area contributed by atoms with E-state index < -0.39 is 47.2 Å². The molecule has 2 amide bonds. The zero-order valence-corrected chi connectivity index (χ0v) is 19.8. The number of carbonyl (C=O) groups excluding carboxylic acids is 4. The fraction of sp³-hybridized carbons (Fsp3) is 0.810. The van der Waals surface area contributed by atoms with Crippen LogP contribution in [0.1, 0.15) is 73.6 Å². The Balaban J connectivity index is 5.06. The Morgan fingerprint density at radius 3 is 1.77 bits per heavy atom. The van der Waals surface area contributed by atoms with Gasteiger partial charge in [0.1, 0.15) is 23.3 Å². The maximum Gasteiger partial charge on any atom is 0.329 e. The van der Waals surface area contributed by atoms with Crippen molar-refractivity contribution in [2.75, 3.05) is 13.7 Å². The van der Waals surface area contributed by atoms with Crippen molar-refractivity contribution in [3.05, 3.63) is 0 Å². The van der Waals surface area contributed by atoms with E-state index in [0.29, 0.717) is 25.8 Å². The number of nitrogens with one attached hydrogen (secondary N) is 2. The molecule has 0 aromatic rings. The summed E-state index contributed by atoms with van der Waals surface area (Å²) in [5.74, 6) is -1.80. The highest BCUT2D eigenvalue weighted by Crippen LogP contribution is 2.13. The second-order valence-electron chi connectivity index (χ2n) is 9.19. The molecule has 0 rings (SSSR count). The summed E-state index contributed by atoms with van der Waals surface area (Å²) in [6.45, 7) is 10.8. The second-order valence-corrected chi connectivity index (χ2v) is 9.19. The van der Waals surface area contributed by atoms with Crippen LogP contribution in [0.25, 0.3) is 0 Å². The molecule has 0 aliphatic carbocycles. The van der Waals surface area contributed by atoms with Crippen molar-refractivity contribution in [1.82, 2.24) is 10.6 Å². The van der Waals surface area contributed by atoms with Gasteiger partial charge in [-0.1, -0.05) is 0 Å². The third-order valence-electron chi connectivity index (χ3n) is 3.79. The van der Waals surface area contributed by atoms with E-state index in [1.807, 2.05) is 0 Å². The fourth-order valence-corrected chi connectivity index (χ4v) is 2.52.